The van der Waals surface area contributed by atoms with Gasteiger partial charge in [-0.05, 0) is 36.8 Å². The topological polar surface area (TPSA) is 73.4 Å². The number of anilines is 1. The first-order valence-electron chi connectivity index (χ1n) is 8.59. The van der Waals surface area contributed by atoms with Gasteiger partial charge in [0.25, 0.3) is 0 Å². The van der Waals surface area contributed by atoms with Crippen molar-refractivity contribution in [2.75, 3.05) is 18.4 Å². The number of para-hydroxylation sites is 1. The Kier molecular flexibility index (Phi) is 3.18. The third-order valence-electron chi connectivity index (χ3n) is 4.87. The number of allylic oxidation sites excluding steroid dienone is 1. The van der Waals surface area contributed by atoms with Crippen LogP contribution in [0.25, 0.3) is 11.0 Å². The minimum Gasteiger partial charge on any atom is -0.345 e. The number of H-pyrrole nitrogens is 1. The molecule has 0 amide bonds. The van der Waals surface area contributed by atoms with Gasteiger partial charge in [0.15, 0.2) is 5.78 Å². The van der Waals surface area contributed by atoms with Crippen molar-refractivity contribution < 1.29 is 4.79 Å². The summed E-state index contributed by atoms with van der Waals surface area (Å²) in [7, 11) is 0. The number of nitrogens with zero attached hydrogens (tertiary/aromatic N) is 3. The summed E-state index contributed by atoms with van der Waals surface area (Å²) in [5.74, 6) is 1.66. The van der Waals surface area contributed by atoms with E-state index in [0.717, 1.165) is 52.6 Å². The third kappa shape index (κ3) is 2.23. The highest BCUT2D eigenvalue weighted by molar-refractivity contribution is 6.11. The number of aryl methyl sites for hydroxylation is 1. The first-order chi connectivity index (χ1) is 12.7. The molecule has 6 heteroatoms. The van der Waals surface area contributed by atoms with E-state index in [4.69, 9.17) is 0 Å². The van der Waals surface area contributed by atoms with E-state index in [-0.39, 0.29) is 5.78 Å². The number of carbonyl (C=O) groups is 1. The van der Waals surface area contributed by atoms with E-state index in [2.05, 4.69) is 44.2 Å². The molecule has 0 saturated heterocycles. The number of nitrogens with one attached hydrogen (secondary N) is 2. The number of carbonyl (C=O) groups excluding carboxylic acids is 1. The Morgan fingerprint density at radius 1 is 1.27 bits per heavy atom. The Balaban J connectivity index is 1.56. The molecule has 2 aliphatic rings. The molecule has 0 fully saturated rings. The molecular weight excluding hydrogens is 326 g/mol. The van der Waals surface area contributed by atoms with Gasteiger partial charge in [-0.15, -0.1) is 0 Å². The molecular formula is C20H17N5O. The van der Waals surface area contributed by atoms with Gasteiger partial charge < -0.3 is 15.2 Å². The van der Waals surface area contributed by atoms with E-state index in [9.17, 15) is 4.79 Å². The lowest BCUT2D eigenvalue weighted by atomic mass is 10.0. The fraction of sp³-hybridized carbons (Fsp3) is 0.150. The van der Waals surface area contributed by atoms with Gasteiger partial charge in [0.1, 0.15) is 11.7 Å². The highest BCUT2D eigenvalue weighted by Gasteiger charge is 2.30. The van der Waals surface area contributed by atoms with Crippen LogP contribution in [0.15, 0.2) is 59.6 Å². The van der Waals surface area contributed by atoms with Crippen LogP contribution < -0.4 is 5.32 Å². The number of rotatable bonds is 2. The van der Waals surface area contributed by atoms with Gasteiger partial charge >= 0.3 is 0 Å². The molecule has 2 N–H and O–H groups in total. The van der Waals surface area contributed by atoms with Crippen LogP contribution >= 0.6 is 0 Å². The third-order valence-corrected chi connectivity index (χ3v) is 4.87. The smallest absolute Gasteiger partial charge is 0.189 e. The molecule has 2 aliphatic heterocycles. The standard InChI is InChI=1S/C20H17N5O/c1-12-3-2-4-14-19(12)24-18(25-8-7-21-20(14)25)10-17(26)13-5-6-15-16(9-13)23-11-22-15/h2-6,9-11,24H,7-8H2,1H3,(H,22,23)/b18-10+. The number of aliphatic imine (C=N–C) groups is 1. The maximum Gasteiger partial charge on any atom is 0.189 e. The van der Waals surface area contributed by atoms with E-state index >= 15 is 0 Å². The molecule has 128 valence electrons. The van der Waals surface area contributed by atoms with E-state index in [1.807, 2.05) is 24.3 Å². The molecule has 0 atom stereocenters. The summed E-state index contributed by atoms with van der Waals surface area (Å²) < 4.78 is 0. The molecule has 3 heterocycles. The molecule has 0 unspecified atom stereocenters. The molecule has 26 heavy (non-hydrogen) atoms. The number of fused-ring (bicyclic) bond motifs is 4. The van der Waals surface area contributed by atoms with Crippen molar-refractivity contribution >= 4 is 28.3 Å². The predicted molar refractivity (Wildman–Crippen MR) is 101 cm³/mol. The molecule has 0 spiro atoms. The highest BCUT2D eigenvalue weighted by Crippen LogP contribution is 2.32. The number of hydrogen-bond acceptors (Lipinski definition) is 5. The number of imidazole rings is 1. The summed E-state index contributed by atoms with van der Waals surface area (Å²) in [5, 5.41) is 3.43. The van der Waals surface area contributed by atoms with E-state index in [1.165, 1.54) is 0 Å². The number of ketones is 1. The molecule has 1 aromatic heterocycles. The lowest BCUT2D eigenvalue weighted by Gasteiger charge is -2.32. The summed E-state index contributed by atoms with van der Waals surface area (Å²) in [6, 6.07) is 11.7. The maximum absolute atomic E-state index is 12.8. The van der Waals surface area contributed by atoms with Crippen molar-refractivity contribution in [2.24, 2.45) is 4.99 Å². The average molecular weight is 343 g/mol. The van der Waals surface area contributed by atoms with Gasteiger partial charge in [-0.25, -0.2) is 4.98 Å². The minimum absolute atomic E-state index is 0.0488. The van der Waals surface area contributed by atoms with E-state index in [1.54, 1.807) is 12.4 Å². The van der Waals surface area contributed by atoms with Gasteiger partial charge in [0.2, 0.25) is 0 Å². The van der Waals surface area contributed by atoms with Crippen molar-refractivity contribution in [3.05, 3.63) is 71.3 Å². The summed E-state index contributed by atoms with van der Waals surface area (Å²) in [6.45, 7) is 3.56. The van der Waals surface area contributed by atoms with Crippen LogP contribution in [0.5, 0.6) is 0 Å². The first-order valence-corrected chi connectivity index (χ1v) is 8.59. The predicted octanol–water partition coefficient (Wildman–Crippen LogP) is 3.08. The summed E-state index contributed by atoms with van der Waals surface area (Å²) in [4.78, 5) is 26.8. The lowest BCUT2D eigenvalue weighted by molar-refractivity contribution is 0.104. The Bertz CT molecular complexity index is 1110. The van der Waals surface area contributed by atoms with Crippen LogP contribution in [0.2, 0.25) is 0 Å². The fourth-order valence-electron chi connectivity index (χ4n) is 3.54. The van der Waals surface area contributed by atoms with Gasteiger partial charge in [-0.3, -0.25) is 9.79 Å². The monoisotopic (exact) mass is 343 g/mol. The maximum atomic E-state index is 12.8. The Labute approximate surface area is 150 Å². The second kappa shape index (κ2) is 5.56. The zero-order valence-electron chi connectivity index (χ0n) is 14.3. The van der Waals surface area contributed by atoms with Crippen molar-refractivity contribution in [2.45, 2.75) is 6.92 Å². The van der Waals surface area contributed by atoms with Crippen molar-refractivity contribution in [3.8, 4) is 0 Å². The molecule has 2 aromatic carbocycles. The van der Waals surface area contributed by atoms with E-state index < -0.39 is 0 Å². The number of aromatic nitrogens is 2. The zero-order valence-corrected chi connectivity index (χ0v) is 14.3. The minimum atomic E-state index is -0.0488. The largest absolute Gasteiger partial charge is 0.345 e. The Hall–Kier alpha value is -3.41. The van der Waals surface area contributed by atoms with Crippen LogP contribution in [0.3, 0.4) is 0 Å². The molecule has 3 aromatic rings. The average Bonchev–Trinajstić information content (AvgIpc) is 3.31. The fourth-order valence-corrected chi connectivity index (χ4v) is 3.54. The van der Waals surface area contributed by atoms with Crippen molar-refractivity contribution in [1.29, 1.82) is 0 Å². The molecule has 6 nitrogen and oxygen atoms in total. The Morgan fingerprint density at radius 3 is 3.12 bits per heavy atom. The van der Waals surface area contributed by atoms with E-state index in [0.29, 0.717) is 5.56 Å². The molecule has 0 saturated carbocycles. The number of benzene rings is 2. The van der Waals surface area contributed by atoms with Gasteiger partial charge in [0.05, 0.1) is 29.6 Å². The van der Waals surface area contributed by atoms with Crippen LogP contribution in [0.4, 0.5) is 5.69 Å². The Morgan fingerprint density at radius 2 is 2.19 bits per heavy atom. The summed E-state index contributed by atoms with van der Waals surface area (Å²) >= 11 is 0. The van der Waals surface area contributed by atoms with Crippen LogP contribution in [-0.4, -0.2) is 39.6 Å². The SMILES string of the molecule is Cc1cccc2c1N/C(=C\C(=O)c1ccc3nc[nH]c3c1)N1CCN=C21. The first kappa shape index (κ1) is 14.9. The lowest BCUT2D eigenvalue weighted by Crippen LogP contribution is -2.36. The van der Waals surface area contributed by atoms with Crippen LogP contribution in [0.1, 0.15) is 21.5 Å². The number of hydrogen-bond donors (Lipinski definition) is 2. The van der Waals surface area contributed by atoms with Crippen molar-refractivity contribution in [1.82, 2.24) is 14.9 Å². The summed E-state index contributed by atoms with van der Waals surface area (Å²) in [5.41, 5.74) is 5.58. The van der Waals surface area contributed by atoms with Crippen LogP contribution in [0, 0.1) is 6.92 Å². The van der Waals surface area contributed by atoms with Crippen molar-refractivity contribution in [3.63, 3.8) is 0 Å². The normalized spacial score (nSPS) is 17.0. The molecule has 5 rings (SSSR count). The van der Waals surface area contributed by atoms with Gasteiger partial charge in [-0.1, -0.05) is 12.1 Å². The molecule has 0 radical (unpaired) electrons. The number of aromatic amines is 1. The number of amidine groups is 1. The molecule has 0 aliphatic carbocycles. The quantitative estimate of drug-likeness (QED) is 0.554. The van der Waals surface area contributed by atoms with Gasteiger partial charge in [0, 0.05) is 23.7 Å². The highest BCUT2D eigenvalue weighted by atomic mass is 16.1. The zero-order chi connectivity index (χ0) is 17.7. The second-order valence-corrected chi connectivity index (χ2v) is 6.51. The molecule has 0 bridgehead atoms. The van der Waals surface area contributed by atoms with Gasteiger partial charge in [-0.2, -0.15) is 0 Å². The summed E-state index contributed by atoms with van der Waals surface area (Å²) in [6.07, 6.45) is 3.29. The second-order valence-electron chi connectivity index (χ2n) is 6.51. The van der Waals surface area contributed by atoms with Crippen LogP contribution in [-0.2, 0) is 0 Å².